The molecule has 172 valence electrons. The molecule has 0 bridgehead atoms. The number of aromatic nitrogens is 2. The average molecular weight is 444 g/mol. The molecule has 2 amide bonds. The van der Waals surface area contributed by atoms with Crippen LogP contribution in [0.15, 0.2) is 42.9 Å². The van der Waals surface area contributed by atoms with Crippen molar-refractivity contribution in [2.24, 2.45) is 0 Å². The smallest absolute Gasteiger partial charge is 0.416 e. The Morgan fingerprint density at radius 3 is 2.59 bits per heavy atom. The van der Waals surface area contributed by atoms with E-state index in [-0.39, 0.29) is 19.1 Å². The molecule has 32 heavy (non-hydrogen) atoms. The number of carbonyl (C=O) groups is 3. The number of rotatable bonds is 7. The van der Waals surface area contributed by atoms with Crippen molar-refractivity contribution in [3.8, 4) is 0 Å². The fourth-order valence-electron chi connectivity index (χ4n) is 3.63. The number of hydrogen-bond acceptors (Lipinski definition) is 5. The zero-order valence-corrected chi connectivity index (χ0v) is 19.0. The second-order valence-electron chi connectivity index (χ2n) is 8.73. The van der Waals surface area contributed by atoms with E-state index in [1.807, 2.05) is 29.0 Å². The minimum atomic E-state index is -0.752. The molecule has 0 fully saturated rings. The van der Waals surface area contributed by atoms with Gasteiger partial charge in [0.1, 0.15) is 17.8 Å². The number of methoxy groups -OCH3 is 1. The molecule has 1 aliphatic heterocycles. The van der Waals surface area contributed by atoms with Gasteiger partial charge in [-0.25, -0.2) is 19.0 Å². The van der Waals surface area contributed by atoms with Gasteiger partial charge in [-0.1, -0.05) is 30.3 Å². The van der Waals surface area contributed by atoms with Gasteiger partial charge in [-0.3, -0.25) is 4.90 Å². The lowest BCUT2D eigenvalue weighted by molar-refractivity contribution is -0.695. The van der Waals surface area contributed by atoms with Crippen LogP contribution in [0.3, 0.4) is 0 Å². The number of benzene rings is 1. The second kappa shape index (κ2) is 9.84. The molecule has 0 unspecified atom stereocenters. The van der Waals surface area contributed by atoms with E-state index in [4.69, 9.17) is 9.47 Å². The number of ether oxygens (including phenoxy) is 2. The number of nitrogens with zero attached hydrogens (tertiary/aromatic N) is 3. The Hall–Kier alpha value is -3.36. The van der Waals surface area contributed by atoms with E-state index >= 15 is 0 Å². The van der Waals surface area contributed by atoms with Gasteiger partial charge in [-0.2, -0.15) is 0 Å². The third-order valence-electron chi connectivity index (χ3n) is 5.11. The van der Waals surface area contributed by atoms with E-state index < -0.39 is 23.7 Å². The first-order chi connectivity index (χ1) is 15.2. The number of aryl methyl sites for hydroxylation is 2. The van der Waals surface area contributed by atoms with Crippen molar-refractivity contribution in [3.63, 3.8) is 0 Å². The van der Waals surface area contributed by atoms with Gasteiger partial charge in [0.2, 0.25) is 0 Å². The number of nitrogens with one attached hydrogen (secondary N) is 1. The maximum atomic E-state index is 13.2. The summed E-state index contributed by atoms with van der Waals surface area (Å²) < 4.78 is 13.7. The number of esters is 1. The van der Waals surface area contributed by atoms with Crippen molar-refractivity contribution in [1.82, 2.24) is 14.8 Å². The van der Waals surface area contributed by atoms with Crippen molar-refractivity contribution in [2.45, 2.75) is 51.8 Å². The number of hydrogen-bond donors (Lipinski definition) is 1. The molecule has 2 aromatic rings. The van der Waals surface area contributed by atoms with Gasteiger partial charge < -0.3 is 14.8 Å². The van der Waals surface area contributed by atoms with Gasteiger partial charge >= 0.3 is 18.1 Å². The summed E-state index contributed by atoms with van der Waals surface area (Å²) in [6.07, 6.45) is 4.24. The molecule has 0 saturated carbocycles. The molecule has 3 rings (SSSR count). The molecule has 1 N–H and O–H groups in total. The summed E-state index contributed by atoms with van der Waals surface area (Å²) in [5.41, 5.74) is 1.33. The molecule has 1 atom stereocenters. The zero-order valence-electron chi connectivity index (χ0n) is 19.0. The Kier molecular flexibility index (Phi) is 7.17. The summed E-state index contributed by atoms with van der Waals surface area (Å²) in [5.74, 6) is -0.487. The average Bonchev–Trinajstić information content (AvgIpc) is 3.16. The fourth-order valence-corrected chi connectivity index (χ4v) is 3.63. The normalized spacial score (nSPS) is 15.8. The molecular weight excluding hydrogens is 412 g/mol. The first kappa shape index (κ1) is 23.3. The van der Waals surface area contributed by atoms with E-state index in [0.717, 1.165) is 12.1 Å². The third kappa shape index (κ3) is 5.87. The van der Waals surface area contributed by atoms with Crippen LogP contribution < -0.4 is 9.88 Å². The first-order valence-electron chi connectivity index (χ1n) is 10.7. The van der Waals surface area contributed by atoms with Crippen molar-refractivity contribution in [1.29, 1.82) is 0 Å². The molecule has 0 saturated heterocycles. The van der Waals surface area contributed by atoms with Gasteiger partial charge in [-0.05, 0) is 26.3 Å². The Morgan fingerprint density at radius 2 is 1.94 bits per heavy atom. The Balaban J connectivity index is 1.69. The lowest BCUT2D eigenvalue weighted by Crippen LogP contribution is -2.54. The monoisotopic (exact) mass is 443 g/mol. The van der Waals surface area contributed by atoms with Gasteiger partial charge in [-0.15, -0.1) is 4.57 Å². The molecule has 0 aliphatic carbocycles. The van der Waals surface area contributed by atoms with Crippen LogP contribution in [0.1, 0.15) is 32.0 Å². The zero-order chi connectivity index (χ0) is 23.3. The van der Waals surface area contributed by atoms with E-state index in [2.05, 4.69) is 17.4 Å². The Labute approximate surface area is 187 Å². The predicted molar refractivity (Wildman–Crippen MR) is 116 cm³/mol. The van der Waals surface area contributed by atoms with Crippen LogP contribution in [0, 0.1) is 0 Å². The molecule has 9 nitrogen and oxygen atoms in total. The van der Waals surface area contributed by atoms with Crippen molar-refractivity contribution < 1.29 is 28.4 Å². The Bertz CT molecular complexity index is 965. The quantitative estimate of drug-likeness (QED) is 0.521. The van der Waals surface area contributed by atoms with Crippen LogP contribution in [0.4, 0.5) is 9.59 Å². The highest BCUT2D eigenvalue weighted by Gasteiger charge is 2.41. The minimum Gasteiger partial charge on any atom is -0.467 e. The highest BCUT2D eigenvalue weighted by atomic mass is 16.6. The van der Waals surface area contributed by atoms with Crippen LogP contribution in [0.2, 0.25) is 0 Å². The molecule has 0 spiro atoms. The van der Waals surface area contributed by atoms with Crippen LogP contribution in [-0.2, 0) is 33.7 Å². The van der Waals surface area contributed by atoms with E-state index in [1.54, 1.807) is 31.7 Å². The predicted octanol–water partition coefficient (Wildman–Crippen LogP) is 1.91. The van der Waals surface area contributed by atoms with E-state index in [9.17, 15) is 14.4 Å². The fraction of sp³-hybridized carbons (Fsp3) is 0.478. The number of fused-ring (bicyclic) bond motifs is 1. The van der Waals surface area contributed by atoms with Crippen molar-refractivity contribution in [3.05, 3.63) is 54.1 Å². The van der Waals surface area contributed by atoms with Gasteiger partial charge in [0, 0.05) is 25.9 Å². The van der Waals surface area contributed by atoms with Crippen LogP contribution in [0.5, 0.6) is 0 Å². The SMILES string of the molecule is COC(=O)[C@@H]1Cc2c[n+](CCc3ccccc3)cn2C(=O)N1CCNC(=O)OC(C)(C)C. The first-order valence-corrected chi connectivity index (χ1v) is 10.7. The van der Waals surface area contributed by atoms with Crippen LogP contribution in [0.25, 0.3) is 0 Å². The van der Waals surface area contributed by atoms with Gasteiger partial charge in [0.25, 0.3) is 6.33 Å². The van der Waals surface area contributed by atoms with Crippen molar-refractivity contribution >= 4 is 18.1 Å². The molecule has 0 radical (unpaired) electrons. The molecule has 2 heterocycles. The number of imidazole rings is 1. The van der Waals surface area contributed by atoms with Crippen LogP contribution >= 0.6 is 0 Å². The van der Waals surface area contributed by atoms with Crippen LogP contribution in [-0.4, -0.2) is 59.4 Å². The molecule has 1 aromatic carbocycles. The second-order valence-corrected chi connectivity index (χ2v) is 8.73. The molecule has 1 aliphatic rings. The van der Waals surface area contributed by atoms with Crippen molar-refractivity contribution in [2.75, 3.05) is 20.2 Å². The Morgan fingerprint density at radius 1 is 1.22 bits per heavy atom. The summed E-state index contributed by atoms with van der Waals surface area (Å²) in [4.78, 5) is 38.9. The maximum absolute atomic E-state index is 13.2. The molecule has 1 aromatic heterocycles. The summed E-state index contributed by atoms with van der Waals surface area (Å²) in [6, 6.07) is 9.02. The third-order valence-corrected chi connectivity index (χ3v) is 5.11. The van der Waals surface area contributed by atoms with Gasteiger partial charge in [0.15, 0.2) is 5.69 Å². The standard InChI is InChI=1S/C23H30N4O5/c1-23(2,3)32-21(29)24-11-13-26-19(20(28)31-4)14-18-15-25(16-27(18)22(26)30)12-10-17-8-6-5-7-9-17/h5-9,15-16,19H,10-14H2,1-4H3/p+1/t19-/m0/s1. The van der Waals surface area contributed by atoms with Gasteiger partial charge in [0.05, 0.1) is 13.7 Å². The summed E-state index contributed by atoms with van der Waals surface area (Å²) in [7, 11) is 1.30. The highest BCUT2D eigenvalue weighted by Crippen LogP contribution is 2.18. The highest BCUT2D eigenvalue weighted by molar-refractivity contribution is 5.87. The maximum Gasteiger partial charge on any atom is 0.416 e. The lowest BCUT2D eigenvalue weighted by atomic mass is 10.1. The number of amides is 2. The van der Waals surface area contributed by atoms with E-state index in [0.29, 0.717) is 13.0 Å². The van der Waals surface area contributed by atoms with E-state index in [1.165, 1.54) is 17.6 Å². The summed E-state index contributed by atoms with van der Waals surface area (Å²) >= 11 is 0. The number of alkyl carbamates (subject to hydrolysis) is 1. The molecular formula is C23H31N4O5+. The summed E-state index contributed by atoms with van der Waals surface area (Å²) in [5, 5.41) is 2.63. The number of carbonyl (C=O) groups excluding carboxylic acids is 3. The summed E-state index contributed by atoms with van der Waals surface area (Å²) in [6.45, 7) is 6.33. The minimum absolute atomic E-state index is 0.152. The molecule has 9 heteroatoms. The topological polar surface area (TPSA) is 93.8 Å². The largest absolute Gasteiger partial charge is 0.467 e. The lowest BCUT2D eigenvalue weighted by Gasteiger charge is -2.31.